The number of rotatable bonds is 6. The van der Waals surface area contributed by atoms with Gasteiger partial charge in [0, 0.05) is 0 Å². The molecule has 0 heterocycles. The molecule has 4 heteroatoms. The van der Waals surface area contributed by atoms with E-state index >= 15 is 0 Å². The highest BCUT2D eigenvalue weighted by Crippen LogP contribution is 2.34. The normalized spacial score (nSPS) is 26.8. The first-order chi connectivity index (χ1) is 8.81. The smallest absolute Gasteiger partial charge is 0.187 e. The van der Waals surface area contributed by atoms with E-state index in [2.05, 4.69) is 11.5 Å². The fourth-order valence-electron chi connectivity index (χ4n) is 2.45. The Labute approximate surface area is 114 Å². The molecule has 0 aromatic rings. The van der Waals surface area contributed by atoms with Crippen molar-refractivity contribution in [3.05, 3.63) is 23.8 Å². The van der Waals surface area contributed by atoms with Gasteiger partial charge in [-0.15, -0.1) is 0 Å². The number of carbonyl (C=O) groups excluding carboxylic acids is 1. The molecule has 19 heavy (non-hydrogen) atoms. The molecule has 0 bridgehead atoms. The highest BCUT2D eigenvalue weighted by Gasteiger charge is 2.41. The Morgan fingerprint density at radius 1 is 1.58 bits per heavy atom. The highest BCUT2D eigenvalue weighted by molar-refractivity contribution is 5.98. The number of hydrogen-bond donors (Lipinski definition) is 2. The van der Waals surface area contributed by atoms with Crippen molar-refractivity contribution in [2.75, 3.05) is 0 Å². The van der Waals surface area contributed by atoms with Crippen molar-refractivity contribution in [1.29, 1.82) is 0 Å². The highest BCUT2D eigenvalue weighted by atomic mass is 17.1. The summed E-state index contributed by atoms with van der Waals surface area (Å²) in [5.41, 5.74) is 0.460. The van der Waals surface area contributed by atoms with Crippen LogP contribution < -0.4 is 0 Å². The molecule has 0 saturated carbocycles. The van der Waals surface area contributed by atoms with E-state index < -0.39 is 11.7 Å². The maximum absolute atomic E-state index is 12.0. The van der Waals surface area contributed by atoms with Crippen LogP contribution in [-0.4, -0.2) is 27.9 Å². The summed E-state index contributed by atoms with van der Waals surface area (Å²) >= 11 is 0. The summed E-state index contributed by atoms with van der Waals surface area (Å²) in [5, 5.41) is 19.3. The first kappa shape index (κ1) is 16.1. The topological polar surface area (TPSA) is 66.8 Å². The lowest BCUT2D eigenvalue weighted by Gasteiger charge is -2.35. The SMILES string of the molecule is C=C(C)C(CCC(C)C1(O)CCC(C)=CC1=O)OO. The Kier molecular flexibility index (Phi) is 5.47. The van der Waals surface area contributed by atoms with Crippen molar-refractivity contribution in [2.24, 2.45) is 5.92 Å². The molecule has 0 aromatic heterocycles. The number of ketones is 1. The third-order valence-electron chi connectivity index (χ3n) is 4.06. The standard InChI is InChI=1S/C15H24O4/c1-10(2)13(19-18)6-5-12(4)15(17)8-7-11(3)9-14(15)16/h9,12-13,17-18H,1,5-8H2,2-4H3. The molecule has 3 unspecified atom stereocenters. The second-order valence-electron chi connectivity index (χ2n) is 5.70. The van der Waals surface area contributed by atoms with E-state index in [0.29, 0.717) is 19.3 Å². The number of hydrogen-bond acceptors (Lipinski definition) is 4. The molecule has 108 valence electrons. The van der Waals surface area contributed by atoms with Crippen molar-refractivity contribution in [3.63, 3.8) is 0 Å². The minimum absolute atomic E-state index is 0.179. The quantitative estimate of drug-likeness (QED) is 0.441. The van der Waals surface area contributed by atoms with E-state index in [1.807, 2.05) is 13.8 Å². The number of carbonyl (C=O) groups is 1. The monoisotopic (exact) mass is 268 g/mol. The predicted octanol–water partition coefficient (Wildman–Crippen LogP) is 2.88. The lowest BCUT2D eigenvalue weighted by molar-refractivity contribution is -0.270. The van der Waals surface area contributed by atoms with Gasteiger partial charge in [-0.05, 0) is 57.1 Å². The van der Waals surface area contributed by atoms with Crippen LogP contribution in [0.3, 0.4) is 0 Å². The third kappa shape index (κ3) is 3.75. The largest absolute Gasteiger partial charge is 0.381 e. The fraction of sp³-hybridized carbons (Fsp3) is 0.667. The molecule has 0 saturated heterocycles. The Morgan fingerprint density at radius 3 is 2.68 bits per heavy atom. The lowest BCUT2D eigenvalue weighted by Crippen LogP contribution is -2.46. The van der Waals surface area contributed by atoms with Gasteiger partial charge >= 0.3 is 0 Å². The number of allylic oxidation sites excluding steroid dienone is 1. The molecule has 0 aliphatic heterocycles. The first-order valence-electron chi connectivity index (χ1n) is 6.71. The molecule has 1 aliphatic carbocycles. The summed E-state index contributed by atoms with van der Waals surface area (Å²) in [6.07, 6.45) is 3.43. The zero-order chi connectivity index (χ0) is 14.6. The molecule has 0 radical (unpaired) electrons. The van der Waals surface area contributed by atoms with Crippen LogP contribution in [0.5, 0.6) is 0 Å². The molecule has 3 atom stereocenters. The van der Waals surface area contributed by atoms with Crippen LogP contribution in [-0.2, 0) is 9.68 Å². The summed E-state index contributed by atoms with van der Waals surface area (Å²) < 4.78 is 0. The van der Waals surface area contributed by atoms with Crippen LogP contribution in [0.2, 0.25) is 0 Å². The van der Waals surface area contributed by atoms with E-state index in [1.54, 1.807) is 13.0 Å². The van der Waals surface area contributed by atoms with Crippen molar-refractivity contribution >= 4 is 5.78 Å². The van der Waals surface area contributed by atoms with E-state index in [9.17, 15) is 9.90 Å². The first-order valence-corrected chi connectivity index (χ1v) is 6.71. The average Bonchev–Trinajstić information content (AvgIpc) is 2.34. The van der Waals surface area contributed by atoms with Crippen LogP contribution in [0.15, 0.2) is 23.8 Å². The lowest BCUT2D eigenvalue weighted by atomic mass is 9.74. The molecule has 0 spiro atoms. The molecule has 1 rings (SSSR count). The zero-order valence-corrected chi connectivity index (χ0v) is 12.0. The van der Waals surface area contributed by atoms with Crippen LogP contribution in [0.4, 0.5) is 0 Å². The molecule has 0 aromatic carbocycles. The minimum atomic E-state index is -1.28. The van der Waals surface area contributed by atoms with Crippen LogP contribution in [0, 0.1) is 5.92 Å². The Hall–Kier alpha value is -0.970. The van der Waals surface area contributed by atoms with Gasteiger partial charge < -0.3 is 5.11 Å². The molecule has 4 nitrogen and oxygen atoms in total. The maximum atomic E-state index is 12.0. The van der Waals surface area contributed by atoms with Gasteiger partial charge in [0.05, 0.1) is 0 Å². The average molecular weight is 268 g/mol. The Bertz CT molecular complexity index is 386. The van der Waals surface area contributed by atoms with Gasteiger partial charge in [0.2, 0.25) is 0 Å². The predicted molar refractivity (Wildman–Crippen MR) is 73.7 cm³/mol. The maximum Gasteiger partial charge on any atom is 0.187 e. The van der Waals surface area contributed by atoms with Crippen molar-refractivity contribution < 1.29 is 20.0 Å². The van der Waals surface area contributed by atoms with Gasteiger partial charge in [0.1, 0.15) is 11.7 Å². The molecule has 1 aliphatic rings. The second-order valence-corrected chi connectivity index (χ2v) is 5.70. The Balaban J connectivity index is 2.65. The van der Waals surface area contributed by atoms with Gasteiger partial charge in [-0.1, -0.05) is 19.1 Å². The van der Waals surface area contributed by atoms with E-state index in [4.69, 9.17) is 5.26 Å². The summed E-state index contributed by atoms with van der Waals surface area (Å²) in [6, 6.07) is 0. The van der Waals surface area contributed by atoms with Gasteiger partial charge in [0.15, 0.2) is 5.78 Å². The van der Waals surface area contributed by atoms with Gasteiger partial charge in [-0.2, -0.15) is 0 Å². The van der Waals surface area contributed by atoms with Gasteiger partial charge in [-0.3, -0.25) is 10.1 Å². The number of aliphatic hydroxyl groups is 1. The summed E-state index contributed by atoms with van der Waals surface area (Å²) in [6.45, 7) is 9.27. The molecule has 2 N–H and O–H groups in total. The van der Waals surface area contributed by atoms with E-state index in [1.165, 1.54) is 0 Å². The van der Waals surface area contributed by atoms with E-state index in [0.717, 1.165) is 17.6 Å². The molecule has 0 fully saturated rings. The second kappa shape index (κ2) is 6.46. The van der Waals surface area contributed by atoms with E-state index in [-0.39, 0.29) is 11.7 Å². The summed E-state index contributed by atoms with van der Waals surface area (Å²) in [7, 11) is 0. The van der Waals surface area contributed by atoms with Gasteiger partial charge in [0.25, 0.3) is 0 Å². The van der Waals surface area contributed by atoms with Crippen molar-refractivity contribution in [1.82, 2.24) is 0 Å². The van der Waals surface area contributed by atoms with Crippen LogP contribution >= 0.6 is 0 Å². The fourth-order valence-corrected chi connectivity index (χ4v) is 2.45. The van der Waals surface area contributed by atoms with Gasteiger partial charge in [-0.25, -0.2) is 4.89 Å². The zero-order valence-electron chi connectivity index (χ0n) is 12.0. The van der Waals surface area contributed by atoms with Crippen LogP contribution in [0.1, 0.15) is 46.5 Å². The Morgan fingerprint density at radius 2 is 2.21 bits per heavy atom. The summed E-state index contributed by atoms with van der Waals surface area (Å²) in [5.74, 6) is -0.387. The summed E-state index contributed by atoms with van der Waals surface area (Å²) in [4.78, 5) is 16.3. The molecule has 0 amide bonds. The molecular weight excluding hydrogens is 244 g/mol. The third-order valence-corrected chi connectivity index (χ3v) is 4.06. The van der Waals surface area contributed by atoms with Crippen LogP contribution in [0.25, 0.3) is 0 Å². The minimum Gasteiger partial charge on any atom is -0.381 e. The van der Waals surface area contributed by atoms with Crippen molar-refractivity contribution in [3.8, 4) is 0 Å². The van der Waals surface area contributed by atoms with Crippen molar-refractivity contribution in [2.45, 2.75) is 58.2 Å². The molecular formula is C15H24O4.